The van der Waals surface area contributed by atoms with Crippen molar-refractivity contribution < 1.29 is 4.57 Å². The molecule has 1 aromatic carbocycles. The summed E-state index contributed by atoms with van der Waals surface area (Å²) in [6.07, 6.45) is 3.92. The van der Waals surface area contributed by atoms with Gasteiger partial charge in [0.25, 0.3) is 0 Å². The topological polar surface area (TPSA) is 3.88 Å². The molecule has 2 aliphatic rings. The van der Waals surface area contributed by atoms with Gasteiger partial charge >= 0.3 is 0 Å². The van der Waals surface area contributed by atoms with Gasteiger partial charge in [0.1, 0.15) is 0 Å². The number of aromatic nitrogens is 1. The van der Waals surface area contributed by atoms with Gasteiger partial charge in [-0.1, -0.05) is 32.4 Å². The van der Waals surface area contributed by atoms with Gasteiger partial charge in [0.15, 0.2) is 6.54 Å². The van der Waals surface area contributed by atoms with Gasteiger partial charge in [-0.15, -0.1) is 0 Å². The maximum atomic E-state index is 2.55. The number of nitrogens with zero attached hydrogens (tertiary/aromatic N) is 1. The van der Waals surface area contributed by atoms with Crippen LogP contribution in [0.1, 0.15) is 56.9 Å². The van der Waals surface area contributed by atoms with Crippen LogP contribution in [0.5, 0.6) is 0 Å². The maximum Gasteiger partial charge on any atom is 0.213 e. The molecule has 2 aromatic rings. The van der Waals surface area contributed by atoms with E-state index >= 15 is 0 Å². The zero-order chi connectivity index (χ0) is 14.8. The Bertz CT molecular complexity index is 788. The Kier molecular flexibility index (Phi) is 2.61. The molecule has 1 nitrogen and oxygen atoms in total. The second-order valence-electron chi connectivity index (χ2n) is 7.74. The van der Waals surface area contributed by atoms with Gasteiger partial charge in [0.2, 0.25) is 11.2 Å². The van der Waals surface area contributed by atoms with Crippen molar-refractivity contribution in [2.45, 2.75) is 58.9 Å². The average molecular weight is 278 g/mol. The number of rotatable bonds is 0. The van der Waals surface area contributed by atoms with E-state index in [1.165, 1.54) is 47.0 Å². The molecule has 0 saturated carbocycles. The zero-order valence-corrected chi connectivity index (χ0v) is 13.6. The van der Waals surface area contributed by atoms with Crippen molar-refractivity contribution in [3.63, 3.8) is 0 Å². The molecule has 1 aliphatic heterocycles. The Labute approximate surface area is 127 Å². The SMILES string of the molecule is Cc1ccc2c(c1)c(C(C)(C)C)cc1[n+]2CC2=C1CCC2. The van der Waals surface area contributed by atoms with Crippen LogP contribution in [0.25, 0.3) is 16.5 Å². The molecule has 0 spiro atoms. The Morgan fingerprint density at radius 3 is 2.62 bits per heavy atom. The molecule has 0 unspecified atom stereocenters. The Morgan fingerprint density at radius 1 is 1.05 bits per heavy atom. The Morgan fingerprint density at radius 2 is 1.86 bits per heavy atom. The summed E-state index contributed by atoms with van der Waals surface area (Å²) in [5, 5.41) is 1.44. The smallest absolute Gasteiger partial charge is 0.188 e. The molecular weight excluding hydrogens is 254 g/mol. The van der Waals surface area contributed by atoms with Crippen LogP contribution < -0.4 is 4.57 Å². The zero-order valence-electron chi connectivity index (χ0n) is 13.6. The molecule has 21 heavy (non-hydrogen) atoms. The first-order chi connectivity index (χ1) is 9.95. The fourth-order valence-electron chi connectivity index (χ4n) is 4.04. The summed E-state index contributed by atoms with van der Waals surface area (Å²) in [7, 11) is 0. The number of benzene rings is 1. The molecule has 0 radical (unpaired) electrons. The summed E-state index contributed by atoms with van der Waals surface area (Å²) < 4.78 is 2.55. The molecule has 4 rings (SSSR count). The molecule has 0 saturated heterocycles. The van der Waals surface area contributed by atoms with Crippen molar-refractivity contribution in [1.29, 1.82) is 0 Å². The first-order valence-electron chi connectivity index (χ1n) is 8.14. The lowest BCUT2D eigenvalue weighted by Crippen LogP contribution is -2.37. The van der Waals surface area contributed by atoms with Crippen LogP contribution in [0.15, 0.2) is 29.8 Å². The normalized spacial score (nSPS) is 17.5. The highest BCUT2D eigenvalue weighted by atomic mass is 15.0. The lowest BCUT2D eigenvalue weighted by atomic mass is 9.83. The average Bonchev–Trinajstić information content (AvgIpc) is 2.96. The summed E-state index contributed by atoms with van der Waals surface area (Å²) in [6, 6.07) is 9.43. The number of aryl methyl sites for hydroxylation is 1. The van der Waals surface area contributed by atoms with Gasteiger partial charge in [-0.05, 0) is 43.2 Å². The maximum absolute atomic E-state index is 2.55. The van der Waals surface area contributed by atoms with E-state index in [0.29, 0.717) is 0 Å². The largest absolute Gasteiger partial charge is 0.213 e. The molecular formula is C20H24N+. The summed E-state index contributed by atoms with van der Waals surface area (Å²) in [4.78, 5) is 0. The van der Waals surface area contributed by atoms with Crippen molar-refractivity contribution in [2.24, 2.45) is 0 Å². The lowest BCUT2D eigenvalue weighted by molar-refractivity contribution is -0.660. The van der Waals surface area contributed by atoms with Crippen LogP contribution in [0.2, 0.25) is 0 Å². The fourth-order valence-corrected chi connectivity index (χ4v) is 4.04. The Hall–Kier alpha value is -1.63. The highest BCUT2D eigenvalue weighted by Gasteiger charge is 2.35. The van der Waals surface area contributed by atoms with E-state index in [-0.39, 0.29) is 5.41 Å². The van der Waals surface area contributed by atoms with E-state index < -0.39 is 0 Å². The van der Waals surface area contributed by atoms with Crippen LogP contribution in [-0.2, 0) is 12.0 Å². The van der Waals surface area contributed by atoms with Crippen LogP contribution in [0.3, 0.4) is 0 Å². The van der Waals surface area contributed by atoms with Crippen molar-refractivity contribution in [1.82, 2.24) is 0 Å². The highest BCUT2D eigenvalue weighted by Crippen LogP contribution is 2.40. The monoisotopic (exact) mass is 278 g/mol. The van der Waals surface area contributed by atoms with Gasteiger partial charge in [0, 0.05) is 23.3 Å². The highest BCUT2D eigenvalue weighted by molar-refractivity contribution is 5.84. The first kappa shape index (κ1) is 13.1. The van der Waals surface area contributed by atoms with Crippen LogP contribution in [-0.4, -0.2) is 0 Å². The van der Waals surface area contributed by atoms with Gasteiger partial charge in [0.05, 0.1) is 5.39 Å². The number of fused-ring (bicyclic) bond motifs is 4. The summed E-state index contributed by atoms with van der Waals surface area (Å²) in [5.41, 5.74) is 9.26. The summed E-state index contributed by atoms with van der Waals surface area (Å²) in [5.74, 6) is 0. The molecule has 108 valence electrons. The second-order valence-corrected chi connectivity index (χ2v) is 7.74. The standard InChI is InChI=1S/C20H24N/c1-13-8-9-18-16(10-13)17(20(2,3)4)11-19-15-7-5-6-14(15)12-21(18)19/h8-11H,5-7,12H2,1-4H3/q+1. The third-order valence-corrected chi connectivity index (χ3v) is 5.10. The quantitative estimate of drug-likeness (QED) is 0.616. The van der Waals surface area contributed by atoms with E-state index in [1.807, 2.05) is 0 Å². The minimum absolute atomic E-state index is 0.184. The number of hydrogen-bond acceptors (Lipinski definition) is 0. The van der Waals surface area contributed by atoms with Gasteiger partial charge in [-0.3, -0.25) is 0 Å². The molecule has 1 aliphatic carbocycles. The van der Waals surface area contributed by atoms with E-state index in [0.717, 1.165) is 6.54 Å². The molecule has 2 heterocycles. The van der Waals surface area contributed by atoms with Crippen LogP contribution in [0, 0.1) is 6.92 Å². The van der Waals surface area contributed by atoms with Gasteiger partial charge < -0.3 is 0 Å². The third kappa shape index (κ3) is 1.87. The van der Waals surface area contributed by atoms with E-state index in [4.69, 9.17) is 0 Å². The summed E-state index contributed by atoms with van der Waals surface area (Å²) >= 11 is 0. The predicted octanol–water partition coefficient (Wildman–Crippen LogP) is 4.68. The minimum atomic E-state index is 0.184. The molecule has 0 N–H and O–H groups in total. The number of pyridine rings is 1. The number of allylic oxidation sites excluding steroid dienone is 2. The molecule has 0 bridgehead atoms. The van der Waals surface area contributed by atoms with Crippen molar-refractivity contribution in [3.05, 3.63) is 46.7 Å². The first-order valence-corrected chi connectivity index (χ1v) is 8.14. The summed E-state index contributed by atoms with van der Waals surface area (Å²) in [6.45, 7) is 10.3. The molecule has 0 atom stereocenters. The van der Waals surface area contributed by atoms with Crippen molar-refractivity contribution >= 4 is 16.5 Å². The van der Waals surface area contributed by atoms with Crippen molar-refractivity contribution in [3.8, 4) is 0 Å². The van der Waals surface area contributed by atoms with E-state index in [1.54, 1.807) is 11.1 Å². The van der Waals surface area contributed by atoms with Crippen LogP contribution in [0.4, 0.5) is 0 Å². The second kappa shape index (κ2) is 4.19. The molecule has 1 heteroatoms. The molecule has 0 amide bonds. The Balaban J connectivity index is 2.08. The van der Waals surface area contributed by atoms with Crippen LogP contribution >= 0.6 is 0 Å². The predicted molar refractivity (Wildman–Crippen MR) is 88.4 cm³/mol. The number of hydrogen-bond donors (Lipinski definition) is 0. The van der Waals surface area contributed by atoms with Gasteiger partial charge in [-0.2, -0.15) is 4.57 Å². The van der Waals surface area contributed by atoms with Gasteiger partial charge in [-0.25, -0.2) is 0 Å². The third-order valence-electron chi connectivity index (χ3n) is 5.10. The fraction of sp³-hybridized carbons (Fsp3) is 0.450. The minimum Gasteiger partial charge on any atom is -0.188 e. The van der Waals surface area contributed by atoms with E-state index in [9.17, 15) is 0 Å². The van der Waals surface area contributed by atoms with E-state index in [2.05, 4.69) is 56.5 Å². The van der Waals surface area contributed by atoms with Crippen molar-refractivity contribution in [2.75, 3.05) is 0 Å². The lowest BCUT2D eigenvalue weighted by Gasteiger charge is -2.21. The molecule has 1 aromatic heterocycles. The molecule has 0 fully saturated rings.